The lowest BCUT2D eigenvalue weighted by atomic mass is 10.0. The molecule has 0 aliphatic rings. The molecule has 0 fully saturated rings. The molecule has 1 aromatic heterocycles. The fourth-order valence-electron chi connectivity index (χ4n) is 3.57. The number of rotatable bonds is 10. The summed E-state index contributed by atoms with van der Waals surface area (Å²) >= 11 is 0. The van der Waals surface area contributed by atoms with Crippen LogP contribution in [0.15, 0.2) is 36.4 Å². The second-order valence-electron chi connectivity index (χ2n) is 8.54. The third-order valence-electron chi connectivity index (χ3n) is 5.19. The number of amides is 1. The average molecular weight is 514 g/mol. The number of hydrogen-bond acceptors (Lipinski definition) is 8. The maximum atomic E-state index is 13.0. The van der Waals surface area contributed by atoms with Gasteiger partial charge < -0.3 is 35.5 Å². The zero-order valence-electron chi connectivity index (χ0n) is 22.0. The summed E-state index contributed by atoms with van der Waals surface area (Å²) in [5.74, 6) is -0.367. The van der Waals surface area contributed by atoms with Crippen LogP contribution in [-0.2, 0) is 0 Å². The number of carbonyl (C=O) groups excluding carboxylic acids is 1. The minimum absolute atomic E-state index is 0.0609. The molecule has 0 saturated carbocycles. The molecule has 3 aromatic rings. The maximum Gasteiger partial charge on any atom is 0.339 e. The summed E-state index contributed by atoms with van der Waals surface area (Å²) in [5.41, 5.74) is 6.50. The summed E-state index contributed by atoms with van der Waals surface area (Å²) in [4.78, 5) is 29.0. The Balaban J connectivity index is 0.00000235. The van der Waals surface area contributed by atoms with Gasteiger partial charge in [0.25, 0.3) is 5.91 Å². The van der Waals surface area contributed by atoms with E-state index in [-0.39, 0.29) is 37.0 Å². The lowest BCUT2D eigenvalue weighted by molar-refractivity contribution is 0.0696. The molecule has 37 heavy (non-hydrogen) atoms. The summed E-state index contributed by atoms with van der Waals surface area (Å²) in [6.07, 6.45) is 0. The van der Waals surface area contributed by atoms with Crippen LogP contribution in [0.5, 0.6) is 17.2 Å². The Hall–Kier alpha value is -4.05. The van der Waals surface area contributed by atoms with Gasteiger partial charge >= 0.3 is 5.97 Å². The highest BCUT2D eigenvalue weighted by Gasteiger charge is 2.25. The molecule has 5 N–H and O–H groups in total. The number of nitrogens with one attached hydrogen (secondary N) is 1. The largest absolute Gasteiger partial charge is 0.497 e. The van der Waals surface area contributed by atoms with Crippen LogP contribution >= 0.6 is 0 Å². The first-order valence-corrected chi connectivity index (χ1v) is 11.9. The van der Waals surface area contributed by atoms with E-state index in [0.29, 0.717) is 39.4 Å². The van der Waals surface area contributed by atoms with Crippen molar-refractivity contribution < 1.29 is 34.0 Å². The molecule has 1 heterocycles. The van der Waals surface area contributed by atoms with E-state index >= 15 is 0 Å². The van der Waals surface area contributed by atoms with E-state index in [1.165, 1.54) is 7.11 Å². The number of ether oxygens (including phenoxy) is 3. The number of nitrogens with zero attached hydrogens (tertiary/aromatic N) is 1. The van der Waals surface area contributed by atoms with Crippen LogP contribution in [-0.4, -0.2) is 59.5 Å². The molecule has 0 saturated heterocycles. The molecule has 1 amide bonds. The molecule has 0 radical (unpaired) electrons. The first-order valence-electron chi connectivity index (χ1n) is 11.9. The Kier molecular flexibility index (Phi) is 10.1. The van der Waals surface area contributed by atoms with E-state index in [9.17, 15) is 14.7 Å². The van der Waals surface area contributed by atoms with E-state index in [4.69, 9.17) is 25.1 Å². The smallest absolute Gasteiger partial charge is 0.339 e. The first-order chi connectivity index (χ1) is 17.6. The Bertz CT molecular complexity index is 1260. The number of carbonyl (C=O) groups is 2. The zero-order chi connectivity index (χ0) is 27.8. The molecule has 0 aliphatic carbocycles. The van der Waals surface area contributed by atoms with Crippen molar-refractivity contribution in [1.82, 2.24) is 10.3 Å². The van der Waals surface area contributed by atoms with Gasteiger partial charge in [-0.2, -0.15) is 0 Å². The quantitative estimate of drug-likeness (QED) is 0.317. The maximum absolute atomic E-state index is 13.0. The number of aliphatic hydroxyl groups excluding tert-OH is 1. The van der Waals surface area contributed by atoms with Gasteiger partial charge in [-0.1, -0.05) is 19.9 Å². The van der Waals surface area contributed by atoms with Crippen LogP contribution in [0.3, 0.4) is 0 Å². The molecule has 10 heteroatoms. The topological polar surface area (TPSA) is 153 Å². The second kappa shape index (κ2) is 12.8. The first kappa shape index (κ1) is 29.2. The van der Waals surface area contributed by atoms with Crippen molar-refractivity contribution in [3.05, 3.63) is 53.2 Å². The number of benzene rings is 2. The zero-order valence-corrected chi connectivity index (χ0v) is 22.0. The van der Waals surface area contributed by atoms with Gasteiger partial charge in [0.1, 0.15) is 36.0 Å². The molecule has 0 bridgehead atoms. The summed E-state index contributed by atoms with van der Waals surface area (Å²) < 4.78 is 16.7. The molecular weight excluding hydrogens is 478 g/mol. The van der Waals surface area contributed by atoms with Gasteiger partial charge in [0.05, 0.1) is 41.5 Å². The number of nitrogen functional groups attached to an aromatic ring is 1. The molecule has 2 aromatic carbocycles. The van der Waals surface area contributed by atoms with Crippen LogP contribution in [0, 0.1) is 6.92 Å². The van der Waals surface area contributed by atoms with E-state index < -0.39 is 11.5 Å². The lowest BCUT2D eigenvalue weighted by Gasteiger charge is -2.27. The second-order valence-corrected chi connectivity index (χ2v) is 8.54. The number of carboxylic acid groups (broad SMARTS) is 1. The van der Waals surface area contributed by atoms with Crippen LogP contribution in [0.4, 0.5) is 5.69 Å². The summed E-state index contributed by atoms with van der Waals surface area (Å²) in [6.45, 7) is 9.14. The fourth-order valence-corrected chi connectivity index (χ4v) is 3.57. The lowest BCUT2D eigenvalue weighted by Crippen LogP contribution is -2.47. The van der Waals surface area contributed by atoms with Crippen molar-refractivity contribution in [2.24, 2.45) is 0 Å². The number of aromatic carboxylic acids is 1. The van der Waals surface area contributed by atoms with Gasteiger partial charge in [0, 0.05) is 11.6 Å². The predicted molar refractivity (Wildman–Crippen MR) is 142 cm³/mol. The SMILES string of the molecule is CC.COc1cc(OCCO)cc(C(=O)NC(C)(C)COc2cccc3nc(C)c(C(=O)O)c(N)c23)c1. The minimum Gasteiger partial charge on any atom is -0.497 e. The molecule has 3 rings (SSSR count). The van der Waals surface area contributed by atoms with Crippen LogP contribution in [0.1, 0.15) is 54.1 Å². The number of methoxy groups -OCH3 is 1. The Labute approximate surface area is 216 Å². The molecule has 10 nitrogen and oxygen atoms in total. The van der Waals surface area contributed by atoms with Crippen molar-refractivity contribution in [3.8, 4) is 17.2 Å². The van der Waals surface area contributed by atoms with Gasteiger partial charge in [-0.15, -0.1) is 0 Å². The van der Waals surface area contributed by atoms with Crippen molar-refractivity contribution >= 4 is 28.5 Å². The van der Waals surface area contributed by atoms with Crippen molar-refractivity contribution in [2.75, 3.05) is 32.7 Å². The van der Waals surface area contributed by atoms with Crippen molar-refractivity contribution in [3.63, 3.8) is 0 Å². The van der Waals surface area contributed by atoms with E-state index in [2.05, 4.69) is 10.3 Å². The van der Waals surface area contributed by atoms with Crippen LogP contribution in [0.2, 0.25) is 0 Å². The molecular formula is C27H35N3O7. The predicted octanol–water partition coefficient (Wildman–Crippen LogP) is 3.82. The van der Waals surface area contributed by atoms with Crippen molar-refractivity contribution in [1.29, 1.82) is 0 Å². The molecule has 0 atom stereocenters. The number of carboxylic acids is 1. The number of anilines is 1. The van der Waals surface area contributed by atoms with E-state index in [1.807, 2.05) is 13.8 Å². The van der Waals surface area contributed by atoms with Crippen molar-refractivity contribution in [2.45, 2.75) is 40.2 Å². The van der Waals surface area contributed by atoms with E-state index in [0.717, 1.165) is 0 Å². The highest BCUT2D eigenvalue weighted by molar-refractivity contribution is 6.06. The minimum atomic E-state index is -1.17. The summed E-state index contributed by atoms with van der Waals surface area (Å²) in [5, 5.41) is 21.8. The van der Waals surface area contributed by atoms with E-state index in [1.54, 1.807) is 57.2 Å². The third kappa shape index (κ3) is 7.23. The average Bonchev–Trinajstić information content (AvgIpc) is 2.86. The monoisotopic (exact) mass is 513 g/mol. The number of hydrogen-bond donors (Lipinski definition) is 4. The Morgan fingerprint density at radius 1 is 1.11 bits per heavy atom. The number of fused-ring (bicyclic) bond motifs is 1. The highest BCUT2D eigenvalue weighted by Crippen LogP contribution is 2.34. The van der Waals surface area contributed by atoms with Gasteiger partial charge in [-0.3, -0.25) is 9.78 Å². The van der Waals surface area contributed by atoms with Gasteiger partial charge in [-0.25, -0.2) is 4.79 Å². The van der Waals surface area contributed by atoms with Crippen LogP contribution < -0.4 is 25.3 Å². The molecule has 0 aliphatic heterocycles. The number of aliphatic hydroxyl groups is 1. The summed E-state index contributed by atoms with van der Waals surface area (Å²) in [7, 11) is 1.48. The summed E-state index contributed by atoms with van der Waals surface area (Å²) in [6, 6.07) is 9.88. The third-order valence-corrected chi connectivity index (χ3v) is 5.19. The standard InChI is InChI=1S/C25H29N3O7.C2H6/c1-14-20(24(31)32)22(26)21-18(27-14)6-5-7-19(21)35-13-25(2,3)28-23(30)15-10-16(33-4)12-17(11-15)34-9-8-29;1-2/h5-7,10-12,29H,8-9,13H2,1-4H3,(H2,26,27)(H,28,30)(H,31,32);1-2H3. The Morgan fingerprint density at radius 3 is 2.41 bits per heavy atom. The van der Waals surface area contributed by atoms with Gasteiger partial charge in [-0.05, 0) is 45.0 Å². The van der Waals surface area contributed by atoms with Crippen LogP contribution in [0.25, 0.3) is 10.9 Å². The fraction of sp³-hybridized carbons (Fsp3) is 0.370. The number of aromatic nitrogens is 1. The number of nitrogens with two attached hydrogens (primary N) is 1. The molecule has 200 valence electrons. The van der Waals surface area contributed by atoms with Gasteiger partial charge in [0.2, 0.25) is 0 Å². The Morgan fingerprint density at radius 2 is 1.78 bits per heavy atom. The molecule has 0 spiro atoms. The molecule has 0 unspecified atom stereocenters. The number of aryl methyl sites for hydroxylation is 1. The normalized spacial score (nSPS) is 10.8. The number of pyridine rings is 1. The highest BCUT2D eigenvalue weighted by atomic mass is 16.5. The van der Waals surface area contributed by atoms with Gasteiger partial charge in [0.15, 0.2) is 0 Å².